The van der Waals surface area contributed by atoms with Crippen molar-refractivity contribution in [3.05, 3.63) is 0 Å². The van der Waals surface area contributed by atoms with Crippen molar-refractivity contribution in [3.8, 4) is 11.8 Å². The van der Waals surface area contributed by atoms with E-state index in [1.54, 1.807) is 0 Å². The summed E-state index contributed by atoms with van der Waals surface area (Å²) in [7, 11) is 2.20. The van der Waals surface area contributed by atoms with Gasteiger partial charge in [-0.3, -0.25) is 9.80 Å². The number of hydrogen-bond acceptors (Lipinski definition) is 2. The van der Waals surface area contributed by atoms with Crippen LogP contribution >= 0.6 is 0 Å². The molecule has 1 fully saturated rings. The predicted molar refractivity (Wildman–Crippen MR) is 95.5 cm³/mol. The summed E-state index contributed by atoms with van der Waals surface area (Å²) in [6.07, 6.45) is 2.66. The Labute approximate surface area is 134 Å². The number of hydrogen-bond donors (Lipinski definition) is 0. The quantitative estimate of drug-likeness (QED) is 0.723. The minimum absolute atomic E-state index is 0. The van der Waals surface area contributed by atoms with E-state index in [0.717, 1.165) is 12.5 Å². The van der Waals surface area contributed by atoms with Gasteiger partial charge in [-0.2, -0.15) is 0 Å². The fourth-order valence-corrected chi connectivity index (χ4v) is 2.73. The van der Waals surface area contributed by atoms with Crippen molar-refractivity contribution in [2.24, 2.45) is 11.3 Å². The van der Waals surface area contributed by atoms with Gasteiger partial charge < -0.3 is 0 Å². The largest absolute Gasteiger partial charge is 0.298 e. The molecule has 0 radical (unpaired) electrons. The average molecular weight is 295 g/mol. The monoisotopic (exact) mass is 294 g/mol. The summed E-state index contributed by atoms with van der Waals surface area (Å²) < 4.78 is 0. The van der Waals surface area contributed by atoms with Gasteiger partial charge in [-0.05, 0) is 80.4 Å². The normalized spacial score (nSPS) is 18.1. The van der Waals surface area contributed by atoms with Crippen LogP contribution in [0.5, 0.6) is 0 Å². The van der Waals surface area contributed by atoms with Gasteiger partial charge in [0.2, 0.25) is 0 Å². The van der Waals surface area contributed by atoms with E-state index >= 15 is 0 Å². The maximum absolute atomic E-state index is 3.32. The first kappa shape index (κ1) is 20.5. The molecule has 1 heterocycles. The zero-order chi connectivity index (χ0) is 15.4. The van der Waals surface area contributed by atoms with Gasteiger partial charge in [0.05, 0.1) is 6.54 Å². The standard InChI is InChI=1S/C18H34N2.CH4/c1-17(2,3)11-8-12-19(7)15-16-9-13-20(14-10-16)18(4,5)6;/h16H,9-10,12-15H2,1-7H3;1H4. The number of piperidine rings is 1. The first-order valence-corrected chi connectivity index (χ1v) is 8.01. The Bertz CT molecular complexity index is 340. The Morgan fingerprint density at radius 1 is 1.05 bits per heavy atom. The summed E-state index contributed by atoms with van der Waals surface area (Å²) in [4.78, 5) is 5.00. The van der Waals surface area contributed by atoms with Crippen LogP contribution in [0.15, 0.2) is 0 Å². The second-order valence-corrected chi connectivity index (χ2v) is 8.35. The van der Waals surface area contributed by atoms with Crippen LogP contribution in [0.2, 0.25) is 0 Å². The van der Waals surface area contributed by atoms with Crippen LogP contribution in [0.1, 0.15) is 61.8 Å². The summed E-state index contributed by atoms with van der Waals surface area (Å²) in [5.74, 6) is 7.47. The molecule has 0 spiro atoms. The van der Waals surface area contributed by atoms with E-state index in [4.69, 9.17) is 0 Å². The van der Waals surface area contributed by atoms with Crippen LogP contribution in [0.3, 0.4) is 0 Å². The van der Waals surface area contributed by atoms with E-state index in [2.05, 4.69) is 70.2 Å². The van der Waals surface area contributed by atoms with Crippen LogP contribution in [0.25, 0.3) is 0 Å². The molecule has 0 atom stereocenters. The molecular weight excluding hydrogens is 256 g/mol. The lowest BCUT2D eigenvalue weighted by Gasteiger charge is -2.41. The van der Waals surface area contributed by atoms with Gasteiger partial charge in [0.15, 0.2) is 0 Å². The van der Waals surface area contributed by atoms with E-state index in [1.165, 1.54) is 32.5 Å². The molecule has 1 aliphatic rings. The second-order valence-electron chi connectivity index (χ2n) is 8.35. The van der Waals surface area contributed by atoms with E-state index < -0.39 is 0 Å². The molecule has 0 unspecified atom stereocenters. The van der Waals surface area contributed by atoms with Crippen LogP contribution in [-0.2, 0) is 0 Å². The number of rotatable bonds is 3. The molecule has 0 saturated carbocycles. The van der Waals surface area contributed by atoms with Crippen LogP contribution in [-0.4, -0.2) is 48.6 Å². The summed E-state index contributed by atoms with van der Waals surface area (Å²) in [6, 6.07) is 0. The highest BCUT2D eigenvalue weighted by molar-refractivity contribution is 5.08. The molecular formula is C19H38N2. The second kappa shape index (κ2) is 8.20. The highest BCUT2D eigenvalue weighted by Gasteiger charge is 2.27. The van der Waals surface area contributed by atoms with Crippen LogP contribution < -0.4 is 0 Å². The first-order chi connectivity index (χ1) is 9.08. The van der Waals surface area contributed by atoms with E-state index in [9.17, 15) is 0 Å². The molecule has 1 saturated heterocycles. The Kier molecular flexibility index (Phi) is 8.00. The van der Waals surface area contributed by atoms with Gasteiger partial charge in [0.1, 0.15) is 0 Å². The van der Waals surface area contributed by atoms with Crippen molar-refractivity contribution in [2.45, 2.75) is 67.3 Å². The lowest BCUT2D eigenvalue weighted by atomic mass is 9.92. The molecule has 0 aromatic carbocycles. The molecule has 0 bridgehead atoms. The maximum Gasteiger partial charge on any atom is 0.0599 e. The van der Waals surface area contributed by atoms with Crippen molar-refractivity contribution >= 4 is 0 Å². The number of nitrogens with zero attached hydrogens (tertiary/aromatic N) is 2. The summed E-state index contributed by atoms with van der Waals surface area (Å²) in [5, 5.41) is 0. The number of likely N-dealkylation sites (tertiary alicyclic amines) is 1. The van der Waals surface area contributed by atoms with E-state index in [-0.39, 0.29) is 12.8 Å². The van der Waals surface area contributed by atoms with Crippen molar-refractivity contribution in [1.29, 1.82) is 0 Å². The predicted octanol–water partition coefficient (Wildman–Crippen LogP) is 4.11. The molecule has 1 rings (SSSR count). The van der Waals surface area contributed by atoms with Gasteiger partial charge in [0, 0.05) is 17.5 Å². The zero-order valence-corrected chi connectivity index (χ0v) is 14.7. The molecule has 124 valence electrons. The van der Waals surface area contributed by atoms with Gasteiger partial charge in [-0.15, -0.1) is 0 Å². The minimum Gasteiger partial charge on any atom is -0.298 e. The Balaban J connectivity index is 0.00000400. The Hall–Kier alpha value is -0.520. The fourth-order valence-electron chi connectivity index (χ4n) is 2.73. The van der Waals surface area contributed by atoms with Gasteiger partial charge in [0.25, 0.3) is 0 Å². The molecule has 1 aliphatic heterocycles. The molecule has 0 aromatic rings. The fraction of sp³-hybridized carbons (Fsp3) is 0.895. The third-order valence-electron chi connectivity index (χ3n) is 3.95. The summed E-state index contributed by atoms with van der Waals surface area (Å²) >= 11 is 0. The molecule has 0 aromatic heterocycles. The smallest absolute Gasteiger partial charge is 0.0599 e. The molecule has 2 heteroatoms. The first-order valence-electron chi connectivity index (χ1n) is 8.01. The Morgan fingerprint density at radius 3 is 2.00 bits per heavy atom. The van der Waals surface area contributed by atoms with Gasteiger partial charge >= 0.3 is 0 Å². The molecule has 2 nitrogen and oxygen atoms in total. The molecule has 0 amide bonds. The highest BCUT2D eigenvalue weighted by Crippen LogP contribution is 2.24. The Morgan fingerprint density at radius 2 is 1.57 bits per heavy atom. The topological polar surface area (TPSA) is 6.48 Å². The van der Waals surface area contributed by atoms with E-state index in [0.29, 0.717) is 5.54 Å². The van der Waals surface area contributed by atoms with Crippen LogP contribution in [0.4, 0.5) is 0 Å². The molecule has 0 aliphatic carbocycles. The average Bonchev–Trinajstić information content (AvgIpc) is 2.26. The zero-order valence-electron chi connectivity index (χ0n) is 14.7. The summed E-state index contributed by atoms with van der Waals surface area (Å²) in [6.45, 7) is 18.1. The van der Waals surface area contributed by atoms with Crippen molar-refractivity contribution in [3.63, 3.8) is 0 Å². The maximum atomic E-state index is 3.32. The SMILES string of the molecule is C.CN(CC#CC(C)(C)C)CC1CCN(C(C)(C)C)CC1. The lowest BCUT2D eigenvalue weighted by Crippen LogP contribution is -2.47. The van der Waals surface area contributed by atoms with Crippen molar-refractivity contribution < 1.29 is 0 Å². The van der Waals surface area contributed by atoms with Gasteiger partial charge in [-0.25, -0.2) is 0 Å². The lowest BCUT2D eigenvalue weighted by molar-refractivity contribution is 0.0790. The van der Waals surface area contributed by atoms with Gasteiger partial charge in [-0.1, -0.05) is 19.3 Å². The van der Waals surface area contributed by atoms with Crippen molar-refractivity contribution in [2.75, 3.05) is 33.2 Å². The molecule has 0 N–H and O–H groups in total. The minimum atomic E-state index is 0. The van der Waals surface area contributed by atoms with E-state index in [1.807, 2.05) is 0 Å². The third-order valence-corrected chi connectivity index (χ3v) is 3.95. The molecule has 21 heavy (non-hydrogen) atoms. The van der Waals surface area contributed by atoms with Crippen molar-refractivity contribution in [1.82, 2.24) is 9.80 Å². The highest BCUT2D eigenvalue weighted by atomic mass is 15.2. The summed E-state index contributed by atoms with van der Waals surface area (Å²) in [5.41, 5.74) is 0.452. The van der Waals surface area contributed by atoms with Crippen LogP contribution in [0, 0.1) is 23.2 Å². The third kappa shape index (κ3) is 8.49.